The number of sulfonamides is 1. The molecule has 0 bridgehead atoms. The third kappa shape index (κ3) is 3.03. The number of fused-ring (bicyclic) bond motifs is 1. The Kier molecular flexibility index (Phi) is 4.37. The van der Waals surface area contributed by atoms with Crippen LogP contribution in [-0.4, -0.2) is 26.9 Å². The molecule has 1 atom stereocenters. The number of benzene rings is 1. The van der Waals surface area contributed by atoms with E-state index < -0.39 is 10.0 Å². The summed E-state index contributed by atoms with van der Waals surface area (Å²) in [4.78, 5) is 13.7. The molecule has 1 aromatic carbocycles. The lowest BCUT2D eigenvalue weighted by atomic mass is 9.87. The van der Waals surface area contributed by atoms with Crippen LogP contribution < -0.4 is 9.62 Å². The third-order valence-corrected chi connectivity index (χ3v) is 5.79. The number of hydrogen-bond acceptors (Lipinski definition) is 3. The minimum absolute atomic E-state index is 0.0276. The highest BCUT2D eigenvalue weighted by Crippen LogP contribution is 2.41. The Hall–Kier alpha value is -1.40. The Morgan fingerprint density at radius 2 is 2.05 bits per heavy atom. The second kappa shape index (κ2) is 5.66. The number of nitrogens with zero attached hydrogens (tertiary/aromatic N) is 1. The first-order chi connectivity index (χ1) is 10.1. The van der Waals surface area contributed by atoms with Crippen molar-refractivity contribution in [1.82, 2.24) is 4.72 Å². The molecule has 22 heavy (non-hydrogen) atoms. The van der Waals surface area contributed by atoms with Gasteiger partial charge in [-0.05, 0) is 37.1 Å². The van der Waals surface area contributed by atoms with Crippen LogP contribution in [0.3, 0.4) is 0 Å². The molecule has 0 unspecified atom stereocenters. The second-order valence-corrected chi connectivity index (χ2v) is 8.31. The van der Waals surface area contributed by atoms with Gasteiger partial charge in [0.25, 0.3) is 0 Å². The van der Waals surface area contributed by atoms with Gasteiger partial charge in [0.05, 0.1) is 4.90 Å². The number of nitrogens with one attached hydrogen (secondary N) is 1. The van der Waals surface area contributed by atoms with Crippen LogP contribution in [0.15, 0.2) is 23.1 Å². The zero-order chi connectivity index (χ0) is 16.7. The minimum atomic E-state index is -3.53. The molecule has 1 aliphatic rings. The molecule has 0 saturated heterocycles. The molecule has 0 radical (unpaired) electrons. The predicted molar refractivity (Wildman–Crippen MR) is 87.6 cm³/mol. The van der Waals surface area contributed by atoms with Crippen molar-refractivity contribution in [2.75, 3.05) is 11.4 Å². The van der Waals surface area contributed by atoms with Gasteiger partial charge in [-0.3, -0.25) is 4.79 Å². The van der Waals surface area contributed by atoms with Gasteiger partial charge < -0.3 is 4.90 Å². The largest absolute Gasteiger partial charge is 0.311 e. The lowest BCUT2D eigenvalue weighted by molar-refractivity contribution is -0.116. The highest BCUT2D eigenvalue weighted by atomic mass is 32.2. The Bertz CT molecular complexity index is 695. The number of amides is 1. The summed E-state index contributed by atoms with van der Waals surface area (Å²) in [6.07, 6.45) is 0.730. The average molecular weight is 324 g/mol. The SMILES string of the molecule is CC[C@H](C)NS(=O)(=O)c1ccc2c(c1)C(C)(C)CN2C(C)=O. The van der Waals surface area contributed by atoms with E-state index in [2.05, 4.69) is 4.72 Å². The van der Waals surface area contributed by atoms with Crippen molar-refractivity contribution < 1.29 is 13.2 Å². The second-order valence-electron chi connectivity index (χ2n) is 6.60. The van der Waals surface area contributed by atoms with Gasteiger partial charge in [0, 0.05) is 30.6 Å². The number of carbonyl (C=O) groups is 1. The van der Waals surface area contributed by atoms with Crippen molar-refractivity contribution in [3.05, 3.63) is 23.8 Å². The summed E-state index contributed by atoms with van der Waals surface area (Å²) in [6, 6.07) is 4.89. The Labute approximate surface area is 132 Å². The normalized spacial score (nSPS) is 18.1. The van der Waals surface area contributed by atoms with Gasteiger partial charge in [0.1, 0.15) is 0 Å². The molecule has 6 heteroatoms. The molecule has 2 rings (SSSR count). The Morgan fingerprint density at radius 3 is 2.59 bits per heavy atom. The van der Waals surface area contributed by atoms with Crippen molar-refractivity contribution in [2.24, 2.45) is 0 Å². The van der Waals surface area contributed by atoms with Gasteiger partial charge in [0.2, 0.25) is 15.9 Å². The first kappa shape index (κ1) is 17.0. The quantitative estimate of drug-likeness (QED) is 0.925. The molecule has 122 valence electrons. The van der Waals surface area contributed by atoms with E-state index >= 15 is 0 Å². The molecule has 1 aromatic rings. The maximum absolute atomic E-state index is 12.4. The smallest absolute Gasteiger partial charge is 0.240 e. The van der Waals surface area contributed by atoms with Crippen molar-refractivity contribution in [2.45, 2.75) is 57.4 Å². The van der Waals surface area contributed by atoms with Gasteiger partial charge in [-0.15, -0.1) is 0 Å². The van der Waals surface area contributed by atoms with E-state index in [1.807, 2.05) is 27.7 Å². The molecule has 1 aliphatic heterocycles. The van der Waals surface area contributed by atoms with E-state index in [9.17, 15) is 13.2 Å². The van der Waals surface area contributed by atoms with Crippen molar-refractivity contribution in [1.29, 1.82) is 0 Å². The molecule has 5 nitrogen and oxygen atoms in total. The van der Waals surface area contributed by atoms with E-state index in [0.717, 1.165) is 17.7 Å². The summed E-state index contributed by atoms with van der Waals surface area (Å²) in [5.41, 5.74) is 1.44. The van der Waals surface area contributed by atoms with Gasteiger partial charge in [-0.2, -0.15) is 0 Å². The Morgan fingerprint density at radius 1 is 1.41 bits per heavy atom. The third-order valence-electron chi connectivity index (χ3n) is 4.20. The summed E-state index contributed by atoms with van der Waals surface area (Å²) < 4.78 is 27.5. The maximum Gasteiger partial charge on any atom is 0.240 e. The van der Waals surface area contributed by atoms with E-state index in [4.69, 9.17) is 0 Å². The van der Waals surface area contributed by atoms with Gasteiger partial charge in [-0.25, -0.2) is 13.1 Å². The lowest BCUT2D eigenvalue weighted by Crippen LogP contribution is -2.32. The van der Waals surface area contributed by atoms with E-state index in [1.165, 1.54) is 6.92 Å². The molecule has 0 fully saturated rings. The van der Waals surface area contributed by atoms with Gasteiger partial charge >= 0.3 is 0 Å². The molecule has 0 saturated carbocycles. The summed E-state index contributed by atoms with van der Waals surface area (Å²) in [7, 11) is -3.53. The lowest BCUT2D eigenvalue weighted by Gasteiger charge is -2.19. The summed E-state index contributed by atoms with van der Waals surface area (Å²) in [5.74, 6) is -0.0276. The number of carbonyl (C=O) groups excluding carboxylic acids is 1. The molecule has 0 spiro atoms. The van der Waals surface area contributed by atoms with Crippen LogP contribution in [0.25, 0.3) is 0 Å². The number of anilines is 1. The van der Waals surface area contributed by atoms with Crippen molar-refractivity contribution >= 4 is 21.6 Å². The average Bonchev–Trinajstić information content (AvgIpc) is 2.70. The fourth-order valence-corrected chi connectivity index (χ4v) is 4.08. The molecule has 1 heterocycles. The molecule has 1 amide bonds. The van der Waals surface area contributed by atoms with Crippen LogP contribution in [0.1, 0.15) is 46.6 Å². The van der Waals surface area contributed by atoms with Gasteiger partial charge in [0.15, 0.2) is 0 Å². The van der Waals surface area contributed by atoms with Gasteiger partial charge in [-0.1, -0.05) is 20.8 Å². The fourth-order valence-electron chi connectivity index (χ4n) is 2.72. The van der Waals surface area contributed by atoms with Crippen molar-refractivity contribution in [3.8, 4) is 0 Å². The Balaban J connectivity index is 2.46. The standard InChI is InChI=1S/C16H24N2O3S/c1-6-11(2)17-22(20,21)13-7-8-15-14(9-13)16(4,5)10-18(15)12(3)19/h7-9,11,17H,6,10H2,1-5H3/t11-/m0/s1. The molecule has 0 aromatic heterocycles. The van der Waals surface area contributed by atoms with Crippen LogP contribution in [0.5, 0.6) is 0 Å². The van der Waals surface area contributed by atoms with Crippen LogP contribution in [0.4, 0.5) is 5.69 Å². The fraction of sp³-hybridized carbons (Fsp3) is 0.562. The van der Waals surface area contributed by atoms with Crippen LogP contribution in [0, 0.1) is 0 Å². The van der Waals surface area contributed by atoms with Crippen LogP contribution >= 0.6 is 0 Å². The van der Waals surface area contributed by atoms with Crippen LogP contribution in [0.2, 0.25) is 0 Å². The predicted octanol–water partition coefficient (Wildman–Crippen LogP) is 2.41. The van der Waals surface area contributed by atoms with E-state index in [1.54, 1.807) is 23.1 Å². The highest BCUT2D eigenvalue weighted by Gasteiger charge is 2.37. The topological polar surface area (TPSA) is 66.5 Å². The zero-order valence-electron chi connectivity index (χ0n) is 13.8. The summed E-state index contributed by atoms with van der Waals surface area (Å²) in [5, 5.41) is 0. The molecular formula is C16H24N2O3S. The van der Waals surface area contributed by atoms with Crippen molar-refractivity contribution in [3.63, 3.8) is 0 Å². The molecule has 0 aliphatic carbocycles. The first-order valence-electron chi connectivity index (χ1n) is 7.53. The monoisotopic (exact) mass is 324 g/mol. The van der Waals surface area contributed by atoms with E-state index in [0.29, 0.717) is 6.54 Å². The summed E-state index contributed by atoms with van der Waals surface area (Å²) in [6.45, 7) is 9.91. The molecular weight excluding hydrogens is 300 g/mol. The van der Waals surface area contributed by atoms with E-state index in [-0.39, 0.29) is 22.3 Å². The first-order valence-corrected chi connectivity index (χ1v) is 9.02. The highest BCUT2D eigenvalue weighted by molar-refractivity contribution is 7.89. The number of rotatable bonds is 4. The van der Waals surface area contributed by atoms with Crippen LogP contribution in [-0.2, 0) is 20.2 Å². The zero-order valence-corrected chi connectivity index (χ0v) is 14.6. The number of hydrogen-bond donors (Lipinski definition) is 1. The minimum Gasteiger partial charge on any atom is -0.311 e. The summed E-state index contributed by atoms with van der Waals surface area (Å²) >= 11 is 0. The maximum atomic E-state index is 12.4. The molecule has 1 N–H and O–H groups in total.